The number of fused-ring (bicyclic) bond motifs is 4. The first-order valence-electron chi connectivity index (χ1n) is 15.1. The third-order valence-corrected chi connectivity index (χ3v) is 9.80. The minimum Gasteiger partial charge on any atom is -0.461 e. The lowest BCUT2D eigenvalue weighted by molar-refractivity contribution is 0.108. The van der Waals surface area contributed by atoms with E-state index in [0.29, 0.717) is 66.8 Å². The van der Waals surface area contributed by atoms with Crippen molar-refractivity contribution in [3.8, 4) is 29.6 Å². The SMILES string of the molecule is C#Cc1c(F)ccc2cccc(-c3ncc4c(N5CCOC[C@H]6[C@H](F)[C@H]65)nc(OC[C@@]56CCCN5C/C(=C/F)C6)nc4c3F)c12. The highest BCUT2D eigenvalue weighted by molar-refractivity contribution is 6.02. The largest absolute Gasteiger partial charge is 0.461 e. The van der Waals surface area contributed by atoms with Crippen molar-refractivity contribution >= 4 is 27.5 Å². The van der Waals surface area contributed by atoms with E-state index in [4.69, 9.17) is 20.9 Å². The minimum atomic E-state index is -1.11. The van der Waals surface area contributed by atoms with Gasteiger partial charge >= 0.3 is 6.01 Å². The van der Waals surface area contributed by atoms with Gasteiger partial charge in [-0.15, -0.1) is 6.42 Å². The van der Waals surface area contributed by atoms with Gasteiger partial charge in [0.15, 0.2) is 5.82 Å². The van der Waals surface area contributed by atoms with Crippen LogP contribution in [0.1, 0.15) is 24.8 Å². The highest BCUT2D eigenvalue weighted by atomic mass is 19.1. The Morgan fingerprint density at radius 1 is 1.18 bits per heavy atom. The van der Waals surface area contributed by atoms with Gasteiger partial charge in [0.2, 0.25) is 0 Å². The number of alkyl halides is 1. The predicted molar refractivity (Wildman–Crippen MR) is 161 cm³/mol. The molecule has 4 aromatic rings. The van der Waals surface area contributed by atoms with Crippen LogP contribution in [0.2, 0.25) is 0 Å². The molecule has 1 aliphatic carbocycles. The Kier molecular flexibility index (Phi) is 6.69. The van der Waals surface area contributed by atoms with Crippen molar-refractivity contribution in [2.24, 2.45) is 5.92 Å². The standard InChI is InChI=1S/C34H29F4N5O2/c1-2-21-25(36)8-7-20-5-3-6-22(26(20)21)29-28(38)30-23(15-39-29)32(43-11-12-44-17-24-27(37)31(24)43)41-33(40-30)45-18-34-9-4-10-42(34)16-19(13-34)14-35/h1,3,5-8,14-15,24,27,31H,4,9-13,16-18H2/b19-14+/t24-,27-,31-,34-/m0/s1. The Hall–Kier alpha value is -4.27. The lowest BCUT2D eigenvalue weighted by Crippen LogP contribution is -2.43. The number of hydrogen-bond acceptors (Lipinski definition) is 7. The fraction of sp³-hybridized carbons (Fsp3) is 0.382. The van der Waals surface area contributed by atoms with Gasteiger partial charge in [-0.3, -0.25) is 9.88 Å². The van der Waals surface area contributed by atoms with E-state index in [1.807, 2.05) is 0 Å². The van der Waals surface area contributed by atoms with Gasteiger partial charge in [0.05, 0.1) is 42.1 Å². The molecule has 7 nitrogen and oxygen atoms in total. The van der Waals surface area contributed by atoms with Crippen LogP contribution in [0.3, 0.4) is 0 Å². The molecule has 1 saturated carbocycles. The maximum Gasteiger partial charge on any atom is 0.319 e. The minimum absolute atomic E-state index is 0.00811. The number of benzene rings is 2. The van der Waals surface area contributed by atoms with Crippen LogP contribution >= 0.6 is 0 Å². The van der Waals surface area contributed by atoms with Gasteiger partial charge in [-0.05, 0) is 42.8 Å². The molecule has 5 heterocycles. The van der Waals surface area contributed by atoms with E-state index in [1.54, 1.807) is 29.2 Å². The van der Waals surface area contributed by atoms with E-state index in [-0.39, 0.29) is 40.7 Å². The number of terminal acetylenes is 1. The Labute approximate surface area is 256 Å². The molecule has 4 atom stereocenters. The quantitative estimate of drug-likeness (QED) is 0.209. The van der Waals surface area contributed by atoms with Crippen molar-refractivity contribution < 1.29 is 27.0 Å². The van der Waals surface area contributed by atoms with Crippen LogP contribution in [-0.4, -0.2) is 77.1 Å². The molecule has 0 bridgehead atoms. The van der Waals surface area contributed by atoms with Crippen LogP contribution in [0.25, 0.3) is 32.9 Å². The first-order chi connectivity index (χ1) is 21.9. The molecule has 0 spiro atoms. The van der Waals surface area contributed by atoms with E-state index in [9.17, 15) is 13.2 Å². The smallest absolute Gasteiger partial charge is 0.319 e. The molecule has 3 aliphatic heterocycles. The summed E-state index contributed by atoms with van der Waals surface area (Å²) < 4.78 is 71.8. The summed E-state index contributed by atoms with van der Waals surface area (Å²) in [6.07, 6.45) is 9.00. The number of pyridine rings is 1. The van der Waals surface area contributed by atoms with Crippen LogP contribution in [-0.2, 0) is 4.74 Å². The number of nitrogens with zero attached hydrogens (tertiary/aromatic N) is 5. The molecule has 0 amide bonds. The monoisotopic (exact) mass is 615 g/mol. The maximum absolute atomic E-state index is 16.7. The Balaban J connectivity index is 1.27. The number of anilines is 1. The molecule has 0 radical (unpaired) electrons. The van der Waals surface area contributed by atoms with Gasteiger partial charge < -0.3 is 14.4 Å². The summed E-state index contributed by atoms with van der Waals surface area (Å²) in [5.41, 5.74) is 0.495. The van der Waals surface area contributed by atoms with E-state index >= 15 is 4.39 Å². The molecule has 0 unspecified atom stereocenters. The topological polar surface area (TPSA) is 63.6 Å². The van der Waals surface area contributed by atoms with Crippen molar-refractivity contribution in [3.05, 3.63) is 65.6 Å². The third kappa shape index (κ3) is 4.45. The lowest BCUT2D eigenvalue weighted by Gasteiger charge is -2.31. The highest BCUT2D eigenvalue weighted by Gasteiger charge is 2.56. The summed E-state index contributed by atoms with van der Waals surface area (Å²) in [6.45, 7) is 2.53. The van der Waals surface area contributed by atoms with E-state index in [0.717, 1.165) is 19.4 Å². The van der Waals surface area contributed by atoms with Crippen LogP contribution in [0.4, 0.5) is 23.4 Å². The summed E-state index contributed by atoms with van der Waals surface area (Å²) >= 11 is 0. The summed E-state index contributed by atoms with van der Waals surface area (Å²) in [6, 6.07) is 7.45. The summed E-state index contributed by atoms with van der Waals surface area (Å²) in [4.78, 5) is 17.7. The Morgan fingerprint density at radius 3 is 2.91 bits per heavy atom. The second kappa shape index (κ2) is 10.7. The molecule has 0 N–H and O–H groups in total. The average molecular weight is 616 g/mol. The number of halogens is 4. The van der Waals surface area contributed by atoms with Crippen LogP contribution in [0, 0.1) is 29.9 Å². The zero-order valence-electron chi connectivity index (χ0n) is 24.3. The van der Waals surface area contributed by atoms with Gasteiger partial charge in [-0.1, -0.05) is 30.2 Å². The van der Waals surface area contributed by atoms with E-state index in [2.05, 4.69) is 20.8 Å². The Morgan fingerprint density at radius 2 is 2.07 bits per heavy atom. The number of hydrogen-bond donors (Lipinski definition) is 0. The molecular weight excluding hydrogens is 586 g/mol. The van der Waals surface area contributed by atoms with Crippen molar-refractivity contribution in [1.29, 1.82) is 0 Å². The van der Waals surface area contributed by atoms with Crippen LogP contribution < -0.4 is 9.64 Å². The van der Waals surface area contributed by atoms with Crippen molar-refractivity contribution in [3.63, 3.8) is 0 Å². The summed E-state index contributed by atoms with van der Waals surface area (Å²) in [5, 5.41) is 1.28. The van der Waals surface area contributed by atoms with Gasteiger partial charge in [-0.25, -0.2) is 17.6 Å². The second-order valence-electron chi connectivity index (χ2n) is 12.3. The fourth-order valence-corrected chi connectivity index (χ4v) is 7.52. The predicted octanol–water partition coefficient (Wildman–Crippen LogP) is 5.75. The molecule has 2 aromatic heterocycles. The van der Waals surface area contributed by atoms with Gasteiger partial charge in [0.1, 0.15) is 35.6 Å². The molecule has 230 valence electrons. The van der Waals surface area contributed by atoms with Crippen LogP contribution in [0.15, 0.2) is 48.4 Å². The molecule has 3 saturated heterocycles. The molecular formula is C34H29F4N5O2. The normalized spacial score (nSPS) is 27.0. The van der Waals surface area contributed by atoms with Crippen molar-refractivity contribution in [1.82, 2.24) is 19.9 Å². The average Bonchev–Trinajstić information content (AvgIpc) is 3.41. The zero-order chi connectivity index (χ0) is 30.9. The maximum atomic E-state index is 16.7. The van der Waals surface area contributed by atoms with E-state index in [1.165, 1.54) is 12.3 Å². The number of ether oxygens (including phenoxy) is 2. The summed E-state index contributed by atoms with van der Waals surface area (Å²) in [7, 11) is 0. The fourth-order valence-electron chi connectivity index (χ4n) is 7.52. The Bertz CT molecular complexity index is 1930. The van der Waals surface area contributed by atoms with Crippen molar-refractivity contribution in [2.75, 3.05) is 44.4 Å². The van der Waals surface area contributed by atoms with Gasteiger partial charge in [0, 0.05) is 36.2 Å². The van der Waals surface area contributed by atoms with Crippen molar-refractivity contribution in [2.45, 2.75) is 37.0 Å². The van der Waals surface area contributed by atoms with Crippen LogP contribution in [0.5, 0.6) is 6.01 Å². The number of rotatable bonds is 5. The third-order valence-electron chi connectivity index (χ3n) is 9.80. The molecule has 4 aliphatic rings. The zero-order valence-corrected chi connectivity index (χ0v) is 24.3. The first-order valence-corrected chi connectivity index (χ1v) is 15.1. The summed E-state index contributed by atoms with van der Waals surface area (Å²) in [5.74, 6) is 1.02. The molecule has 4 fully saturated rings. The second-order valence-corrected chi connectivity index (χ2v) is 12.3. The van der Waals surface area contributed by atoms with Gasteiger partial charge in [0.25, 0.3) is 0 Å². The molecule has 2 aromatic carbocycles. The van der Waals surface area contributed by atoms with E-state index < -0.39 is 29.4 Å². The highest BCUT2D eigenvalue weighted by Crippen LogP contribution is 2.46. The first kappa shape index (κ1) is 28.2. The lowest BCUT2D eigenvalue weighted by atomic mass is 9.94. The molecule has 11 heteroatoms. The van der Waals surface area contributed by atoms with Gasteiger partial charge in [-0.2, -0.15) is 9.97 Å². The molecule has 45 heavy (non-hydrogen) atoms. The molecule has 8 rings (SSSR count). The number of aromatic nitrogens is 3.